The summed E-state index contributed by atoms with van der Waals surface area (Å²) in [5.41, 5.74) is 0.969. The minimum atomic E-state index is 0. The molecule has 8 heteroatoms. The van der Waals surface area contributed by atoms with Crippen molar-refractivity contribution in [3.63, 3.8) is 0 Å². The minimum Gasteiger partial charge on any atom is -0.382 e. The molecular formula is C14H25Cl2IN4O. The molecule has 5 nitrogen and oxygen atoms in total. The van der Waals surface area contributed by atoms with Crippen LogP contribution in [0.1, 0.15) is 26.0 Å². The van der Waals surface area contributed by atoms with Crippen LogP contribution in [-0.2, 0) is 18.3 Å². The van der Waals surface area contributed by atoms with Gasteiger partial charge in [0, 0.05) is 39.0 Å². The maximum Gasteiger partial charge on any atom is 0.191 e. The average Bonchev–Trinajstić information content (AvgIpc) is 2.71. The van der Waals surface area contributed by atoms with E-state index in [0.29, 0.717) is 16.7 Å². The van der Waals surface area contributed by atoms with Gasteiger partial charge in [0.25, 0.3) is 0 Å². The molecule has 0 radical (unpaired) electrons. The first-order chi connectivity index (χ1) is 10.1. The first-order valence-corrected chi connectivity index (χ1v) is 7.95. The quantitative estimate of drug-likeness (QED) is 0.269. The van der Waals surface area contributed by atoms with Gasteiger partial charge in [0.1, 0.15) is 5.15 Å². The van der Waals surface area contributed by atoms with Crippen molar-refractivity contribution in [2.24, 2.45) is 12.0 Å². The topological polar surface area (TPSA) is 50.6 Å². The fourth-order valence-corrected chi connectivity index (χ4v) is 2.18. The second kappa shape index (κ2) is 12.3. The molecule has 0 aliphatic heterocycles. The van der Waals surface area contributed by atoms with E-state index >= 15 is 0 Å². The third kappa shape index (κ3) is 7.39. The van der Waals surface area contributed by atoms with E-state index in [1.165, 1.54) is 0 Å². The molecule has 1 heterocycles. The molecule has 1 aromatic rings. The Morgan fingerprint density at radius 3 is 2.59 bits per heavy atom. The fraction of sp³-hybridized carbons (Fsp3) is 0.643. The van der Waals surface area contributed by atoms with Gasteiger partial charge in [-0.3, -0.25) is 0 Å². The summed E-state index contributed by atoms with van der Waals surface area (Å²) in [4.78, 5) is 4.53. The third-order valence-corrected chi connectivity index (χ3v) is 3.76. The van der Waals surface area contributed by atoms with Gasteiger partial charge < -0.3 is 19.9 Å². The molecule has 1 aromatic heterocycles. The number of hydrogen-bond donors (Lipinski definition) is 2. The number of aromatic nitrogens is 1. The Morgan fingerprint density at radius 1 is 1.32 bits per heavy atom. The van der Waals surface area contributed by atoms with Gasteiger partial charge in [0.2, 0.25) is 0 Å². The number of rotatable bonds is 8. The lowest BCUT2D eigenvalue weighted by atomic mass is 10.4. The highest BCUT2D eigenvalue weighted by molar-refractivity contribution is 14.0. The number of aliphatic imine (C=N–C) groups is 1. The summed E-state index contributed by atoms with van der Waals surface area (Å²) in [6.07, 6.45) is 0.945. The van der Waals surface area contributed by atoms with Crippen LogP contribution >= 0.6 is 47.2 Å². The normalized spacial score (nSPS) is 11.2. The molecule has 0 bridgehead atoms. The van der Waals surface area contributed by atoms with Crippen LogP contribution in [0.4, 0.5) is 0 Å². The van der Waals surface area contributed by atoms with Crippen LogP contribution in [0.5, 0.6) is 0 Å². The van der Waals surface area contributed by atoms with Crippen LogP contribution in [0.2, 0.25) is 10.2 Å². The first kappa shape index (κ1) is 21.8. The summed E-state index contributed by atoms with van der Waals surface area (Å²) in [5, 5.41) is 7.57. The Labute approximate surface area is 159 Å². The van der Waals surface area contributed by atoms with Crippen molar-refractivity contribution >= 4 is 53.1 Å². The van der Waals surface area contributed by atoms with Crippen LogP contribution in [0.15, 0.2) is 11.1 Å². The highest BCUT2D eigenvalue weighted by Gasteiger charge is 2.08. The number of halogens is 3. The highest BCUT2D eigenvalue weighted by atomic mass is 127. The van der Waals surface area contributed by atoms with Gasteiger partial charge in [-0.15, -0.1) is 24.0 Å². The van der Waals surface area contributed by atoms with Gasteiger partial charge >= 0.3 is 0 Å². The van der Waals surface area contributed by atoms with E-state index in [0.717, 1.165) is 44.4 Å². The van der Waals surface area contributed by atoms with Gasteiger partial charge in [0.15, 0.2) is 5.96 Å². The number of guanidine groups is 1. The Morgan fingerprint density at radius 2 is 2.05 bits per heavy atom. The molecule has 0 saturated heterocycles. The molecule has 0 unspecified atom stereocenters. The second-order valence-electron chi connectivity index (χ2n) is 4.51. The molecule has 0 amide bonds. The van der Waals surface area contributed by atoms with E-state index < -0.39 is 0 Å². The van der Waals surface area contributed by atoms with Crippen molar-refractivity contribution in [1.82, 2.24) is 15.2 Å². The lowest BCUT2D eigenvalue weighted by Crippen LogP contribution is -2.38. The molecule has 1 rings (SSSR count). The molecule has 22 heavy (non-hydrogen) atoms. The molecular weight excluding hydrogens is 438 g/mol. The van der Waals surface area contributed by atoms with Gasteiger partial charge in [-0.1, -0.05) is 23.2 Å². The smallest absolute Gasteiger partial charge is 0.191 e. The third-order valence-electron chi connectivity index (χ3n) is 2.92. The molecule has 0 saturated carbocycles. The molecule has 0 spiro atoms. The van der Waals surface area contributed by atoms with Crippen molar-refractivity contribution in [3.8, 4) is 0 Å². The van der Waals surface area contributed by atoms with Crippen LogP contribution in [0, 0.1) is 0 Å². The molecule has 128 valence electrons. The lowest BCUT2D eigenvalue weighted by molar-refractivity contribution is 0.145. The molecule has 0 aliphatic rings. The van der Waals surface area contributed by atoms with Crippen LogP contribution in [0.25, 0.3) is 0 Å². The van der Waals surface area contributed by atoms with Crippen LogP contribution < -0.4 is 10.6 Å². The SMILES string of the molecule is CCNC(=NCc1cc(Cl)c(Cl)n1C)NCCCOCC.I. The summed E-state index contributed by atoms with van der Waals surface area (Å²) >= 11 is 12.0. The Bertz CT molecular complexity index is 466. The standard InChI is InChI=1S/C14H24Cl2N4O.HI/c1-4-17-14(18-7-6-8-21-5-2)19-10-11-9-12(15)13(16)20(11)3;/h9H,4-8,10H2,1-3H3,(H2,17,18,19);1H. The summed E-state index contributed by atoms with van der Waals surface area (Å²) in [6, 6.07) is 1.84. The second-order valence-corrected chi connectivity index (χ2v) is 5.27. The van der Waals surface area contributed by atoms with E-state index in [9.17, 15) is 0 Å². The zero-order chi connectivity index (χ0) is 15.7. The maximum absolute atomic E-state index is 6.04. The Hall–Kier alpha value is -0.180. The summed E-state index contributed by atoms with van der Waals surface area (Å²) in [5.74, 6) is 0.780. The summed E-state index contributed by atoms with van der Waals surface area (Å²) in [7, 11) is 1.88. The maximum atomic E-state index is 6.04. The monoisotopic (exact) mass is 462 g/mol. The van der Waals surface area contributed by atoms with Crippen LogP contribution in [-0.4, -0.2) is 36.8 Å². The van der Waals surface area contributed by atoms with Gasteiger partial charge in [-0.25, -0.2) is 4.99 Å². The summed E-state index contributed by atoms with van der Waals surface area (Å²) < 4.78 is 7.14. The largest absolute Gasteiger partial charge is 0.382 e. The van der Waals surface area contributed by atoms with Gasteiger partial charge in [0.05, 0.1) is 11.6 Å². The van der Waals surface area contributed by atoms with Crippen molar-refractivity contribution in [2.75, 3.05) is 26.3 Å². The molecule has 0 fully saturated rings. The molecule has 0 aromatic carbocycles. The Kier molecular flexibility index (Phi) is 12.2. The molecule has 0 aliphatic carbocycles. The molecule has 0 atom stereocenters. The number of nitrogens with zero attached hydrogens (tertiary/aromatic N) is 2. The van der Waals surface area contributed by atoms with E-state index in [4.69, 9.17) is 27.9 Å². The number of nitrogens with one attached hydrogen (secondary N) is 2. The van der Waals surface area contributed by atoms with E-state index in [1.54, 1.807) is 0 Å². The zero-order valence-electron chi connectivity index (χ0n) is 13.3. The van der Waals surface area contributed by atoms with E-state index in [-0.39, 0.29) is 24.0 Å². The van der Waals surface area contributed by atoms with Gasteiger partial charge in [-0.2, -0.15) is 0 Å². The summed E-state index contributed by atoms with van der Waals surface area (Å²) in [6.45, 7) is 7.69. The minimum absolute atomic E-state index is 0. The van der Waals surface area contributed by atoms with Crippen LogP contribution in [0.3, 0.4) is 0 Å². The number of hydrogen-bond acceptors (Lipinski definition) is 2. The lowest BCUT2D eigenvalue weighted by Gasteiger charge is -2.11. The predicted molar refractivity (Wildman–Crippen MR) is 105 cm³/mol. The van der Waals surface area contributed by atoms with Crippen molar-refractivity contribution in [3.05, 3.63) is 21.9 Å². The van der Waals surface area contributed by atoms with Gasteiger partial charge in [-0.05, 0) is 26.3 Å². The fourth-order valence-electron chi connectivity index (χ4n) is 1.77. The van der Waals surface area contributed by atoms with E-state index in [1.807, 2.05) is 31.5 Å². The van der Waals surface area contributed by atoms with Crippen molar-refractivity contribution in [1.29, 1.82) is 0 Å². The molecule has 2 N–H and O–H groups in total. The van der Waals surface area contributed by atoms with E-state index in [2.05, 4.69) is 15.6 Å². The Balaban J connectivity index is 0.00000441. The van der Waals surface area contributed by atoms with Crippen molar-refractivity contribution in [2.45, 2.75) is 26.8 Å². The zero-order valence-corrected chi connectivity index (χ0v) is 17.1. The predicted octanol–water partition coefficient (Wildman–Crippen LogP) is 3.43. The first-order valence-electron chi connectivity index (χ1n) is 7.19. The highest BCUT2D eigenvalue weighted by Crippen LogP contribution is 2.25. The average molecular weight is 463 g/mol. The number of ether oxygens (including phenoxy) is 1. The van der Waals surface area contributed by atoms with Crippen molar-refractivity contribution < 1.29 is 4.74 Å².